The number of ether oxygens (including phenoxy) is 1. The molecule has 0 unspecified atom stereocenters. The van der Waals surface area contributed by atoms with Crippen LogP contribution in [0.15, 0.2) is 17.1 Å². The Morgan fingerprint density at radius 3 is 2.75 bits per heavy atom. The van der Waals surface area contributed by atoms with Crippen LogP contribution in [0.4, 0.5) is 8.78 Å². The summed E-state index contributed by atoms with van der Waals surface area (Å²) in [7, 11) is 1.26. The average molecular weight is 175 g/mol. The van der Waals surface area contributed by atoms with Gasteiger partial charge in [0.25, 0.3) is 6.43 Å². The van der Waals surface area contributed by atoms with E-state index in [0.717, 1.165) is 12.3 Å². The van der Waals surface area contributed by atoms with Crippen molar-refractivity contribution < 1.29 is 13.5 Å². The first-order chi connectivity index (χ1) is 5.65. The summed E-state index contributed by atoms with van der Waals surface area (Å²) in [6.45, 7) is 0. The van der Waals surface area contributed by atoms with E-state index >= 15 is 0 Å². The van der Waals surface area contributed by atoms with Crippen LogP contribution >= 0.6 is 0 Å². The Morgan fingerprint density at radius 1 is 1.58 bits per heavy atom. The Labute approximate surface area is 67.0 Å². The zero-order valence-electron chi connectivity index (χ0n) is 6.30. The Hall–Kier alpha value is -1.39. The number of nitrogens with one attached hydrogen (secondary N) is 1. The highest BCUT2D eigenvalue weighted by Crippen LogP contribution is 2.25. The minimum atomic E-state index is -2.69. The molecule has 1 heterocycles. The van der Waals surface area contributed by atoms with Crippen LogP contribution in [0, 0.1) is 0 Å². The van der Waals surface area contributed by atoms with Crippen molar-refractivity contribution in [2.24, 2.45) is 0 Å². The van der Waals surface area contributed by atoms with Crippen LogP contribution in [-0.4, -0.2) is 12.1 Å². The predicted octanol–water partition coefficient (Wildman–Crippen LogP) is 1.32. The Kier molecular flexibility index (Phi) is 2.42. The van der Waals surface area contributed by atoms with Gasteiger partial charge in [-0.05, 0) is 0 Å². The first-order valence-electron chi connectivity index (χ1n) is 3.20. The minimum absolute atomic E-state index is 0.00963. The van der Waals surface area contributed by atoms with Gasteiger partial charge in [0, 0.05) is 12.3 Å². The molecule has 1 N–H and O–H groups in total. The molecule has 0 aliphatic carbocycles. The molecule has 0 bridgehead atoms. The van der Waals surface area contributed by atoms with Crippen molar-refractivity contribution in [3.8, 4) is 5.75 Å². The Bertz CT molecular complexity index is 321. The van der Waals surface area contributed by atoms with Gasteiger partial charge in [-0.15, -0.1) is 0 Å². The summed E-state index contributed by atoms with van der Waals surface area (Å²) >= 11 is 0. The maximum atomic E-state index is 12.2. The maximum absolute atomic E-state index is 12.2. The number of halogens is 2. The lowest BCUT2D eigenvalue weighted by Crippen LogP contribution is -2.06. The van der Waals surface area contributed by atoms with Crippen molar-refractivity contribution in [3.63, 3.8) is 0 Å². The fraction of sp³-hybridized carbons (Fsp3) is 0.286. The molecule has 0 aromatic carbocycles. The highest BCUT2D eigenvalue weighted by molar-refractivity contribution is 5.30. The van der Waals surface area contributed by atoms with Gasteiger partial charge in [-0.3, -0.25) is 4.79 Å². The molecule has 0 spiro atoms. The second-order valence-corrected chi connectivity index (χ2v) is 2.12. The van der Waals surface area contributed by atoms with Crippen molar-refractivity contribution >= 4 is 0 Å². The van der Waals surface area contributed by atoms with Gasteiger partial charge in [-0.1, -0.05) is 0 Å². The number of H-pyrrole nitrogens is 1. The fourth-order valence-electron chi connectivity index (χ4n) is 0.821. The van der Waals surface area contributed by atoms with E-state index in [4.69, 9.17) is 0 Å². The SMILES string of the molecule is COc1c[nH]c(=O)cc1C(F)F. The lowest BCUT2D eigenvalue weighted by atomic mass is 10.2. The molecule has 3 nitrogen and oxygen atoms in total. The van der Waals surface area contributed by atoms with Crippen molar-refractivity contribution in [2.75, 3.05) is 7.11 Å². The molecular weight excluding hydrogens is 168 g/mol. The predicted molar refractivity (Wildman–Crippen MR) is 38.6 cm³/mol. The molecule has 0 radical (unpaired) electrons. The summed E-state index contributed by atoms with van der Waals surface area (Å²) in [4.78, 5) is 12.9. The van der Waals surface area contributed by atoms with E-state index in [1.807, 2.05) is 0 Å². The third-order valence-electron chi connectivity index (χ3n) is 1.37. The normalized spacial score (nSPS) is 10.3. The van der Waals surface area contributed by atoms with Crippen molar-refractivity contribution in [3.05, 3.63) is 28.2 Å². The Balaban J connectivity index is 3.21. The zero-order valence-corrected chi connectivity index (χ0v) is 6.30. The first-order valence-corrected chi connectivity index (χ1v) is 3.20. The quantitative estimate of drug-likeness (QED) is 0.736. The molecule has 0 amide bonds. The fourth-order valence-corrected chi connectivity index (χ4v) is 0.821. The lowest BCUT2D eigenvalue weighted by Gasteiger charge is -2.04. The van der Waals surface area contributed by atoms with Crippen LogP contribution in [-0.2, 0) is 0 Å². The van der Waals surface area contributed by atoms with Gasteiger partial charge in [-0.25, -0.2) is 8.78 Å². The second kappa shape index (κ2) is 3.34. The van der Waals surface area contributed by atoms with Crippen LogP contribution < -0.4 is 10.3 Å². The van der Waals surface area contributed by atoms with Crippen LogP contribution in [0.1, 0.15) is 12.0 Å². The standard InChI is InChI=1S/C7H7F2NO2/c1-12-5-3-10-6(11)2-4(5)7(8)9/h2-3,7H,1H3,(H,10,11). The van der Waals surface area contributed by atoms with Crippen LogP contribution in [0.25, 0.3) is 0 Å². The van der Waals surface area contributed by atoms with E-state index in [2.05, 4.69) is 9.72 Å². The smallest absolute Gasteiger partial charge is 0.267 e. The van der Waals surface area contributed by atoms with Crippen molar-refractivity contribution in [1.82, 2.24) is 4.98 Å². The van der Waals surface area contributed by atoms with E-state index in [1.165, 1.54) is 7.11 Å². The van der Waals surface area contributed by atoms with Crippen molar-refractivity contribution in [2.45, 2.75) is 6.43 Å². The summed E-state index contributed by atoms with van der Waals surface area (Å²) < 4.78 is 28.9. The summed E-state index contributed by atoms with van der Waals surface area (Å²) in [5.41, 5.74) is -0.952. The van der Waals surface area contributed by atoms with Gasteiger partial charge in [0.15, 0.2) is 0 Å². The number of pyridine rings is 1. The van der Waals surface area contributed by atoms with Crippen LogP contribution in [0.3, 0.4) is 0 Å². The summed E-state index contributed by atoms with van der Waals surface area (Å²) in [6.07, 6.45) is -1.58. The summed E-state index contributed by atoms with van der Waals surface area (Å²) in [5, 5.41) is 0. The summed E-state index contributed by atoms with van der Waals surface area (Å²) in [6, 6.07) is 0.823. The van der Waals surface area contributed by atoms with E-state index < -0.39 is 12.0 Å². The lowest BCUT2D eigenvalue weighted by molar-refractivity contribution is 0.146. The molecule has 66 valence electrons. The minimum Gasteiger partial charge on any atom is -0.495 e. The van der Waals surface area contributed by atoms with Crippen molar-refractivity contribution in [1.29, 1.82) is 0 Å². The highest BCUT2D eigenvalue weighted by Gasteiger charge is 2.13. The van der Waals surface area contributed by atoms with E-state index in [9.17, 15) is 13.6 Å². The third kappa shape index (κ3) is 1.61. The number of alkyl halides is 2. The molecule has 0 aliphatic rings. The van der Waals surface area contributed by atoms with E-state index in [1.54, 1.807) is 0 Å². The number of hydrogen-bond donors (Lipinski definition) is 1. The third-order valence-corrected chi connectivity index (χ3v) is 1.37. The molecular formula is C7H7F2NO2. The van der Waals surface area contributed by atoms with Crippen LogP contribution in [0.5, 0.6) is 5.75 Å². The number of hydrogen-bond acceptors (Lipinski definition) is 2. The van der Waals surface area contributed by atoms with Gasteiger partial charge < -0.3 is 9.72 Å². The van der Waals surface area contributed by atoms with E-state index in [-0.39, 0.29) is 11.3 Å². The number of methoxy groups -OCH3 is 1. The highest BCUT2D eigenvalue weighted by atomic mass is 19.3. The Morgan fingerprint density at radius 2 is 2.25 bits per heavy atom. The second-order valence-electron chi connectivity index (χ2n) is 2.12. The van der Waals surface area contributed by atoms with Gasteiger partial charge in [0.2, 0.25) is 5.56 Å². The molecule has 0 saturated heterocycles. The van der Waals surface area contributed by atoms with Gasteiger partial charge >= 0.3 is 0 Å². The maximum Gasteiger partial charge on any atom is 0.267 e. The van der Waals surface area contributed by atoms with Gasteiger partial charge in [-0.2, -0.15) is 0 Å². The molecule has 1 aromatic heterocycles. The molecule has 0 atom stereocenters. The molecule has 0 saturated carbocycles. The first kappa shape index (κ1) is 8.70. The van der Waals surface area contributed by atoms with Gasteiger partial charge in [0.1, 0.15) is 5.75 Å². The van der Waals surface area contributed by atoms with E-state index in [0.29, 0.717) is 0 Å². The molecule has 12 heavy (non-hydrogen) atoms. The largest absolute Gasteiger partial charge is 0.495 e. The average Bonchev–Trinajstić information content (AvgIpc) is 2.04. The topological polar surface area (TPSA) is 42.1 Å². The monoisotopic (exact) mass is 175 g/mol. The summed E-state index contributed by atoms with van der Waals surface area (Å²) in [5.74, 6) is -0.00963. The molecule has 0 aliphatic heterocycles. The van der Waals surface area contributed by atoms with Gasteiger partial charge in [0.05, 0.1) is 12.7 Å². The number of rotatable bonds is 2. The number of aromatic amines is 1. The van der Waals surface area contributed by atoms with Crippen LogP contribution in [0.2, 0.25) is 0 Å². The molecule has 1 rings (SSSR count). The molecule has 5 heteroatoms. The molecule has 1 aromatic rings. The molecule has 0 fully saturated rings. The number of aromatic nitrogens is 1. The zero-order chi connectivity index (χ0) is 9.14.